The van der Waals surface area contributed by atoms with E-state index in [1.807, 2.05) is 13.0 Å². The molecule has 1 atom stereocenters. The summed E-state index contributed by atoms with van der Waals surface area (Å²) in [5, 5.41) is 10.7. The van der Waals surface area contributed by atoms with Gasteiger partial charge in [0.2, 0.25) is 0 Å². The standard InChI is InChI=1S/C16H15ClO3/c1-10-3-4-12(9-14(10)20-2)16(19)15(18)11-5-7-13(17)8-6-11/h3-9,16,19H,1-2H3. The van der Waals surface area contributed by atoms with Gasteiger partial charge in [0, 0.05) is 10.6 Å². The molecule has 3 nitrogen and oxygen atoms in total. The van der Waals surface area contributed by atoms with E-state index >= 15 is 0 Å². The number of ketones is 1. The quantitative estimate of drug-likeness (QED) is 0.876. The zero-order valence-corrected chi connectivity index (χ0v) is 12.0. The summed E-state index contributed by atoms with van der Waals surface area (Å²) in [6.45, 7) is 1.90. The summed E-state index contributed by atoms with van der Waals surface area (Å²) >= 11 is 5.78. The van der Waals surface area contributed by atoms with Gasteiger partial charge in [-0.15, -0.1) is 0 Å². The van der Waals surface area contributed by atoms with Crippen molar-refractivity contribution in [3.8, 4) is 5.75 Å². The zero-order valence-electron chi connectivity index (χ0n) is 11.3. The van der Waals surface area contributed by atoms with Gasteiger partial charge in [0.05, 0.1) is 7.11 Å². The molecule has 2 aromatic carbocycles. The highest BCUT2D eigenvalue weighted by Crippen LogP contribution is 2.25. The number of aliphatic hydroxyl groups is 1. The Kier molecular flexibility index (Phi) is 4.42. The molecule has 0 radical (unpaired) electrons. The number of methoxy groups -OCH3 is 1. The number of aliphatic hydroxyl groups excluding tert-OH is 1. The maximum atomic E-state index is 12.2. The second-order valence-corrected chi connectivity index (χ2v) is 4.94. The van der Waals surface area contributed by atoms with Crippen LogP contribution in [-0.4, -0.2) is 18.0 Å². The number of Topliss-reactive ketones (excluding diaryl/α,β-unsaturated/α-hetero) is 1. The maximum Gasteiger partial charge on any atom is 0.195 e. The van der Waals surface area contributed by atoms with Crippen LogP contribution in [0.3, 0.4) is 0 Å². The highest BCUT2D eigenvalue weighted by atomic mass is 35.5. The highest BCUT2D eigenvalue weighted by molar-refractivity contribution is 6.30. The lowest BCUT2D eigenvalue weighted by molar-refractivity contribution is 0.0747. The van der Waals surface area contributed by atoms with Crippen molar-refractivity contribution in [1.29, 1.82) is 0 Å². The van der Waals surface area contributed by atoms with E-state index in [0.29, 0.717) is 21.9 Å². The van der Waals surface area contributed by atoms with Crippen molar-refractivity contribution in [2.45, 2.75) is 13.0 Å². The van der Waals surface area contributed by atoms with Gasteiger partial charge in [0.15, 0.2) is 5.78 Å². The van der Waals surface area contributed by atoms with Crippen molar-refractivity contribution in [3.05, 3.63) is 64.2 Å². The molecule has 2 aromatic rings. The normalized spacial score (nSPS) is 12.0. The zero-order chi connectivity index (χ0) is 14.7. The van der Waals surface area contributed by atoms with Gasteiger partial charge in [0.1, 0.15) is 11.9 Å². The molecule has 0 heterocycles. The van der Waals surface area contributed by atoms with Crippen LogP contribution < -0.4 is 4.74 Å². The molecule has 0 saturated carbocycles. The van der Waals surface area contributed by atoms with E-state index < -0.39 is 6.10 Å². The Hall–Kier alpha value is -1.84. The van der Waals surface area contributed by atoms with E-state index in [2.05, 4.69) is 0 Å². The smallest absolute Gasteiger partial charge is 0.195 e. The van der Waals surface area contributed by atoms with Crippen molar-refractivity contribution in [3.63, 3.8) is 0 Å². The third kappa shape index (κ3) is 3.00. The number of carbonyl (C=O) groups excluding carboxylic acids is 1. The van der Waals surface area contributed by atoms with Crippen LogP contribution in [0.2, 0.25) is 5.02 Å². The van der Waals surface area contributed by atoms with Crippen molar-refractivity contribution in [2.75, 3.05) is 7.11 Å². The van der Waals surface area contributed by atoms with Crippen LogP contribution in [-0.2, 0) is 0 Å². The lowest BCUT2D eigenvalue weighted by Gasteiger charge is -2.13. The van der Waals surface area contributed by atoms with Crippen LogP contribution in [0.4, 0.5) is 0 Å². The van der Waals surface area contributed by atoms with Crippen LogP contribution in [0.15, 0.2) is 42.5 Å². The Balaban J connectivity index is 2.28. The summed E-state index contributed by atoms with van der Waals surface area (Å²) in [4.78, 5) is 12.2. The molecule has 1 N–H and O–H groups in total. The molecule has 4 heteroatoms. The molecule has 1 unspecified atom stereocenters. The first-order chi connectivity index (χ1) is 9.52. The van der Waals surface area contributed by atoms with Crippen LogP contribution in [0.5, 0.6) is 5.75 Å². The molecule has 2 rings (SSSR count). The van der Waals surface area contributed by atoms with Gasteiger partial charge in [-0.25, -0.2) is 0 Å². The second kappa shape index (κ2) is 6.07. The van der Waals surface area contributed by atoms with Gasteiger partial charge >= 0.3 is 0 Å². The van der Waals surface area contributed by atoms with Gasteiger partial charge in [-0.3, -0.25) is 4.79 Å². The fourth-order valence-corrected chi connectivity index (χ4v) is 2.06. The van der Waals surface area contributed by atoms with Crippen molar-refractivity contribution in [1.82, 2.24) is 0 Å². The fourth-order valence-electron chi connectivity index (χ4n) is 1.93. The molecule has 0 amide bonds. The number of hydrogen-bond donors (Lipinski definition) is 1. The van der Waals surface area contributed by atoms with E-state index in [9.17, 15) is 9.90 Å². The van der Waals surface area contributed by atoms with Crippen molar-refractivity contribution in [2.24, 2.45) is 0 Å². The first-order valence-corrected chi connectivity index (χ1v) is 6.53. The molecular weight excluding hydrogens is 276 g/mol. The molecule has 0 aliphatic carbocycles. The van der Waals surface area contributed by atoms with Gasteiger partial charge in [-0.1, -0.05) is 23.7 Å². The third-order valence-corrected chi connectivity index (χ3v) is 3.38. The number of halogens is 1. The molecule has 0 bridgehead atoms. The van der Waals surface area contributed by atoms with E-state index in [4.69, 9.17) is 16.3 Å². The third-order valence-electron chi connectivity index (χ3n) is 3.12. The Morgan fingerprint density at radius 3 is 2.45 bits per heavy atom. The molecule has 0 aliphatic rings. The Morgan fingerprint density at radius 2 is 1.85 bits per heavy atom. The van der Waals surface area contributed by atoms with Crippen LogP contribution in [0, 0.1) is 6.92 Å². The number of hydrogen-bond acceptors (Lipinski definition) is 3. The Bertz CT molecular complexity index is 620. The maximum absolute atomic E-state index is 12.2. The van der Waals surface area contributed by atoms with E-state index in [1.165, 1.54) is 0 Å². The monoisotopic (exact) mass is 290 g/mol. The minimum atomic E-state index is -1.22. The number of carbonyl (C=O) groups is 1. The summed E-state index contributed by atoms with van der Waals surface area (Å²) < 4.78 is 5.20. The number of rotatable bonds is 4. The number of aryl methyl sites for hydroxylation is 1. The van der Waals surface area contributed by atoms with Gasteiger partial charge in [0.25, 0.3) is 0 Å². The summed E-state index contributed by atoms with van der Waals surface area (Å²) in [5.74, 6) is 0.276. The van der Waals surface area contributed by atoms with E-state index in [0.717, 1.165) is 5.56 Å². The SMILES string of the molecule is COc1cc(C(O)C(=O)c2ccc(Cl)cc2)ccc1C. The topological polar surface area (TPSA) is 46.5 Å². The first-order valence-electron chi connectivity index (χ1n) is 6.15. The molecule has 0 fully saturated rings. The molecule has 0 aromatic heterocycles. The van der Waals surface area contributed by atoms with Gasteiger partial charge in [-0.2, -0.15) is 0 Å². The Labute approximate surface area is 122 Å². The van der Waals surface area contributed by atoms with E-state index in [-0.39, 0.29) is 5.78 Å². The molecule has 0 aliphatic heterocycles. The average Bonchev–Trinajstić information content (AvgIpc) is 2.47. The fraction of sp³-hybridized carbons (Fsp3) is 0.188. The summed E-state index contributed by atoms with van der Waals surface area (Å²) in [6.07, 6.45) is -1.22. The molecule has 20 heavy (non-hydrogen) atoms. The predicted molar refractivity (Wildman–Crippen MR) is 78.5 cm³/mol. The van der Waals surface area contributed by atoms with Gasteiger partial charge in [-0.05, 0) is 48.4 Å². The predicted octanol–water partition coefficient (Wildman–Crippen LogP) is 3.57. The van der Waals surface area contributed by atoms with Crippen molar-refractivity contribution >= 4 is 17.4 Å². The minimum absolute atomic E-state index is 0.368. The lowest BCUT2D eigenvalue weighted by atomic mass is 9.99. The Morgan fingerprint density at radius 1 is 1.20 bits per heavy atom. The largest absolute Gasteiger partial charge is 0.496 e. The van der Waals surface area contributed by atoms with Gasteiger partial charge < -0.3 is 9.84 Å². The van der Waals surface area contributed by atoms with Crippen LogP contribution in [0.25, 0.3) is 0 Å². The highest BCUT2D eigenvalue weighted by Gasteiger charge is 2.20. The molecule has 104 valence electrons. The van der Waals surface area contributed by atoms with Crippen molar-refractivity contribution < 1.29 is 14.6 Å². The first kappa shape index (κ1) is 14.6. The summed E-state index contributed by atoms with van der Waals surface area (Å²) in [5.41, 5.74) is 1.87. The lowest BCUT2D eigenvalue weighted by Crippen LogP contribution is -2.12. The molecular formula is C16H15ClO3. The minimum Gasteiger partial charge on any atom is -0.496 e. The molecule has 0 saturated heterocycles. The summed E-state index contributed by atoms with van der Waals surface area (Å²) in [7, 11) is 1.56. The van der Waals surface area contributed by atoms with Crippen LogP contribution in [0.1, 0.15) is 27.6 Å². The molecule has 0 spiro atoms. The van der Waals surface area contributed by atoms with Crippen LogP contribution >= 0.6 is 11.6 Å². The summed E-state index contributed by atoms with van der Waals surface area (Å²) in [6, 6.07) is 11.6. The number of benzene rings is 2. The average molecular weight is 291 g/mol. The second-order valence-electron chi connectivity index (χ2n) is 4.50. The number of ether oxygens (including phenoxy) is 1. The van der Waals surface area contributed by atoms with E-state index in [1.54, 1.807) is 43.5 Å².